The molecule has 1 aromatic rings. The smallest absolute Gasteiger partial charge is 0.249 e. The maximum atomic E-state index is 12.8. The van der Waals surface area contributed by atoms with E-state index in [-0.39, 0.29) is 24.1 Å². The van der Waals surface area contributed by atoms with Gasteiger partial charge in [-0.05, 0) is 31.2 Å². The number of hydrogen-bond acceptors (Lipinski definition) is 2. The fourth-order valence-corrected chi connectivity index (χ4v) is 1.81. The first-order valence-corrected chi connectivity index (χ1v) is 5.44. The molecule has 0 aliphatic carbocycles. The number of nitrogens with one attached hydrogen (secondary N) is 1. The minimum atomic E-state index is -0.546. The monoisotopic (exact) mass is 236 g/mol. The van der Waals surface area contributed by atoms with E-state index in [2.05, 4.69) is 5.32 Å². The van der Waals surface area contributed by atoms with Gasteiger partial charge in [0, 0.05) is 18.7 Å². The van der Waals surface area contributed by atoms with Gasteiger partial charge in [0.1, 0.15) is 11.9 Å². The zero-order valence-corrected chi connectivity index (χ0v) is 9.44. The Morgan fingerprint density at radius 3 is 2.59 bits per heavy atom. The number of hydrogen-bond donors (Lipinski definition) is 1. The van der Waals surface area contributed by atoms with E-state index in [0.717, 1.165) is 0 Å². The summed E-state index contributed by atoms with van der Waals surface area (Å²) in [5.74, 6) is -0.670. The van der Waals surface area contributed by atoms with Crippen LogP contribution in [0.4, 0.5) is 10.1 Å². The Hall–Kier alpha value is -1.91. The largest absolute Gasteiger partial charge is 0.345 e. The molecule has 0 aromatic heterocycles. The standard InChI is InChI=1S/C12H13FN2O2/c1-8-12(17)15(7-6-11(16)14-8)10-4-2-9(13)3-5-10/h2-5,8H,6-7H2,1H3,(H,14,16). The van der Waals surface area contributed by atoms with E-state index in [9.17, 15) is 14.0 Å². The molecule has 1 unspecified atom stereocenters. The van der Waals surface area contributed by atoms with Crippen molar-refractivity contribution in [2.45, 2.75) is 19.4 Å². The van der Waals surface area contributed by atoms with Gasteiger partial charge in [0.25, 0.3) is 0 Å². The molecule has 5 heteroatoms. The van der Waals surface area contributed by atoms with Crippen molar-refractivity contribution in [3.8, 4) is 0 Å². The lowest BCUT2D eigenvalue weighted by Gasteiger charge is -2.22. The second-order valence-electron chi connectivity index (χ2n) is 4.01. The van der Waals surface area contributed by atoms with E-state index in [1.807, 2.05) is 0 Å². The predicted octanol–water partition coefficient (Wildman–Crippen LogP) is 1.07. The van der Waals surface area contributed by atoms with Crippen molar-refractivity contribution in [1.29, 1.82) is 0 Å². The lowest BCUT2D eigenvalue weighted by atomic mass is 10.2. The molecule has 1 aliphatic heterocycles. The fraction of sp³-hybridized carbons (Fsp3) is 0.333. The normalized spacial score (nSPS) is 21.1. The summed E-state index contributed by atoms with van der Waals surface area (Å²) in [5.41, 5.74) is 0.611. The van der Waals surface area contributed by atoms with E-state index in [1.165, 1.54) is 29.2 Å². The zero-order chi connectivity index (χ0) is 12.4. The first-order valence-electron chi connectivity index (χ1n) is 5.44. The predicted molar refractivity (Wildman–Crippen MR) is 61.0 cm³/mol. The first kappa shape index (κ1) is 11.6. The third-order valence-electron chi connectivity index (χ3n) is 2.71. The van der Waals surface area contributed by atoms with E-state index in [4.69, 9.17) is 0 Å². The third kappa shape index (κ3) is 2.43. The van der Waals surface area contributed by atoms with Gasteiger partial charge in [-0.3, -0.25) is 9.59 Å². The molecule has 2 amide bonds. The Bertz CT molecular complexity index is 444. The summed E-state index contributed by atoms with van der Waals surface area (Å²) in [5, 5.41) is 2.60. The Kier molecular flexibility index (Phi) is 3.08. The third-order valence-corrected chi connectivity index (χ3v) is 2.71. The van der Waals surface area contributed by atoms with Gasteiger partial charge in [-0.2, -0.15) is 0 Å². The van der Waals surface area contributed by atoms with Crippen LogP contribution in [-0.4, -0.2) is 24.4 Å². The van der Waals surface area contributed by atoms with E-state index >= 15 is 0 Å². The van der Waals surface area contributed by atoms with Crippen molar-refractivity contribution < 1.29 is 14.0 Å². The number of benzene rings is 1. The molecule has 1 N–H and O–H groups in total. The Morgan fingerprint density at radius 1 is 1.29 bits per heavy atom. The SMILES string of the molecule is CC1NC(=O)CCN(c2ccc(F)cc2)C1=O. The van der Waals surface area contributed by atoms with Gasteiger partial charge >= 0.3 is 0 Å². The maximum absolute atomic E-state index is 12.8. The average molecular weight is 236 g/mol. The number of amides is 2. The number of halogens is 1. The van der Waals surface area contributed by atoms with Gasteiger partial charge in [-0.25, -0.2) is 4.39 Å². The van der Waals surface area contributed by atoms with Crippen molar-refractivity contribution >= 4 is 17.5 Å². The van der Waals surface area contributed by atoms with Crippen LogP contribution in [0.15, 0.2) is 24.3 Å². The average Bonchev–Trinajstić information content (AvgIpc) is 2.42. The van der Waals surface area contributed by atoms with Crippen LogP contribution in [0.3, 0.4) is 0 Å². The quantitative estimate of drug-likeness (QED) is 0.792. The highest BCUT2D eigenvalue weighted by Crippen LogP contribution is 2.17. The van der Waals surface area contributed by atoms with Crippen molar-refractivity contribution in [3.63, 3.8) is 0 Å². The molecular formula is C12H13FN2O2. The summed E-state index contributed by atoms with van der Waals surface area (Å²) in [7, 11) is 0. The summed E-state index contributed by atoms with van der Waals surface area (Å²) in [6, 6.07) is 5.13. The minimum Gasteiger partial charge on any atom is -0.345 e. The molecule has 1 fully saturated rings. The molecule has 17 heavy (non-hydrogen) atoms. The van der Waals surface area contributed by atoms with Crippen LogP contribution in [0.5, 0.6) is 0 Å². The highest BCUT2D eigenvalue weighted by molar-refractivity contribution is 6.00. The fourth-order valence-electron chi connectivity index (χ4n) is 1.81. The molecule has 1 aromatic carbocycles. The van der Waals surface area contributed by atoms with Gasteiger partial charge in [0.15, 0.2) is 0 Å². The first-order chi connectivity index (χ1) is 8.08. The number of nitrogens with zero attached hydrogens (tertiary/aromatic N) is 1. The van der Waals surface area contributed by atoms with E-state index < -0.39 is 6.04 Å². The number of rotatable bonds is 1. The molecule has 0 saturated carbocycles. The summed E-state index contributed by atoms with van der Waals surface area (Å²) in [4.78, 5) is 24.8. The molecule has 0 bridgehead atoms. The van der Waals surface area contributed by atoms with Crippen molar-refractivity contribution in [3.05, 3.63) is 30.1 Å². The second-order valence-corrected chi connectivity index (χ2v) is 4.01. The summed E-state index contributed by atoms with van der Waals surface area (Å²) in [6.45, 7) is 1.96. The highest BCUT2D eigenvalue weighted by Gasteiger charge is 2.27. The Morgan fingerprint density at radius 2 is 1.94 bits per heavy atom. The molecular weight excluding hydrogens is 223 g/mol. The van der Waals surface area contributed by atoms with E-state index in [1.54, 1.807) is 6.92 Å². The molecule has 1 saturated heterocycles. The van der Waals surface area contributed by atoms with Crippen LogP contribution in [-0.2, 0) is 9.59 Å². The summed E-state index contributed by atoms with van der Waals surface area (Å²) >= 11 is 0. The summed E-state index contributed by atoms with van der Waals surface area (Å²) < 4.78 is 12.8. The van der Waals surface area contributed by atoms with Crippen molar-refractivity contribution in [2.24, 2.45) is 0 Å². The molecule has 0 radical (unpaired) electrons. The van der Waals surface area contributed by atoms with Crippen LogP contribution < -0.4 is 10.2 Å². The van der Waals surface area contributed by atoms with Crippen LogP contribution in [0.2, 0.25) is 0 Å². The number of anilines is 1. The lowest BCUT2D eigenvalue weighted by Crippen LogP contribution is -2.42. The van der Waals surface area contributed by atoms with E-state index in [0.29, 0.717) is 12.2 Å². The molecule has 1 heterocycles. The van der Waals surface area contributed by atoms with Gasteiger partial charge in [-0.1, -0.05) is 0 Å². The lowest BCUT2D eigenvalue weighted by molar-refractivity contribution is -0.125. The molecule has 1 aliphatic rings. The summed E-state index contributed by atoms with van der Waals surface area (Å²) in [6.07, 6.45) is 0.257. The number of carbonyl (C=O) groups excluding carboxylic acids is 2. The Labute approximate surface area is 98.4 Å². The molecule has 4 nitrogen and oxygen atoms in total. The molecule has 90 valence electrons. The van der Waals surface area contributed by atoms with Gasteiger partial charge in [0.05, 0.1) is 0 Å². The minimum absolute atomic E-state index is 0.143. The van der Waals surface area contributed by atoms with Crippen molar-refractivity contribution in [1.82, 2.24) is 5.32 Å². The van der Waals surface area contributed by atoms with Crippen LogP contribution in [0.1, 0.15) is 13.3 Å². The topological polar surface area (TPSA) is 49.4 Å². The highest BCUT2D eigenvalue weighted by atomic mass is 19.1. The van der Waals surface area contributed by atoms with Gasteiger partial charge < -0.3 is 10.2 Å². The van der Waals surface area contributed by atoms with Gasteiger partial charge in [-0.15, -0.1) is 0 Å². The maximum Gasteiger partial charge on any atom is 0.249 e. The second kappa shape index (κ2) is 4.53. The molecule has 2 rings (SSSR count). The molecule has 0 spiro atoms. The van der Waals surface area contributed by atoms with Crippen LogP contribution in [0, 0.1) is 5.82 Å². The Balaban J connectivity index is 2.27. The van der Waals surface area contributed by atoms with Crippen LogP contribution in [0.25, 0.3) is 0 Å². The van der Waals surface area contributed by atoms with Gasteiger partial charge in [0.2, 0.25) is 11.8 Å². The zero-order valence-electron chi connectivity index (χ0n) is 9.44. The van der Waals surface area contributed by atoms with Crippen LogP contribution >= 0.6 is 0 Å². The van der Waals surface area contributed by atoms with Crippen molar-refractivity contribution in [2.75, 3.05) is 11.4 Å². The number of carbonyl (C=O) groups is 2. The molecule has 1 atom stereocenters.